The molecule has 3 aliphatic heterocycles. The third-order valence-electron chi connectivity index (χ3n) is 5.80. The summed E-state index contributed by atoms with van der Waals surface area (Å²) in [5, 5.41) is 0. The number of benzene rings is 1. The molecule has 1 spiro atoms. The van der Waals surface area contributed by atoms with Crippen LogP contribution < -0.4 is 0 Å². The van der Waals surface area contributed by atoms with Gasteiger partial charge in [0.05, 0.1) is 25.0 Å². The molecular formula is C19H24N2O4. The van der Waals surface area contributed by atoms with Crippen LogP contribution in [-0.4, -0.2) is 67.3 Å². The molecule has 0 N–H and O–H groups in total. The van der Waals surface area contributed by atoms with Gasteiger partial charge in [0.1, 0.15) is 0 Å². The average Bonchev–Trinajstić information content (AvgIpc) is 2.89. The minimum atomic E-state index is -0.528. The van der Waals surface area contributed by atoms with E-state index in [1.807, 2.05) is 17.0 Å². The van der Waals surface area contributed by atoms with E-state index in [2.05, 4.69) is 19.1 Å². The fourth-order valence-electron chi connectivity index (χ4n) is 4.48. The fraction of sp³-hybridized carbons (Fsp3) is 0.579. The second-order valence-electron chi connectivity index (χ2n) is 7.58. The van der Waals surface area contributed by atoms with E-state index in [4.69, 9.17) is 9.47 Å². The zero-order chi connectivity index (χ0) is 17.7. The Morgan fingerprint density at radius 3 is 2.40 bits per heavy atom. The number of hydrogen-bond acceptors (Lipinski definition) is 4. The van der Waals surface area contributed by atoms with Crippen molar-refractivity contribution in [3.8, 4) is 0 Å². The number of carbonyl (C=O) groups is 2. The van der Waals surface area contributed by atoms with Gasteiger partial charge < -0.3 is 19.3 Å². The molecule has 3 aliphatic rings. The van der Waals surface area contributed by atoms with Crippen LogP contribution in [0.2, 0.25) is 0 Å². The molecule has 0 bridgehead atoms. The molecule has 0 radical (unpaired) electrons. The molecule has 1 aromatic rings. The number of rotatable bonds is 2. The standard InChI is InChI=1S/C19H24N2O4/c1-14-5-3-4-6-15(14)19(7-9-24-10-8-19)16(22)21-12-18(13-21)11-20(2)17(23)25-18/h3-6H,7-13H2,1-2H3. The SMILES string of the molecule is Cc1ccccc1C1(C(=O)N2CC3(CN(C)C(=O)O3)C2)CCOCC1. The summed E-state index contributed by atoms with van der Waals surface area (Å²) in [4.78, 5) is 28.6. The summed E-state index contributed by atoms with van der Waals surface area (Å²) in [7, 11) is 1.73. The van der Waals surface area contributed by atoms with Crippen molar-refractivity contribution in [2.45, 2.75) is 30.8 Å². The van der Waals surface area contributed by atoms with Crippen LogP contribution in [0.1, 0.15) is 24.0 Å². The third-order valence-corrected chi connectivity index (χ3v) is 5.80. The maximum atomic E-state index is 13.5. The minimum absolute atomic E-state index is 0.140. The number of ether oxygens (including phenoxy) is 2. The normalized spacial score (nSPS) is 24.2. The second-order valence-corrected chi connectivity index (χ2v) is 7.58. The Bertz CT molecular complexity index is 705. The number of hydrogen-bond donors (Lipinski definition) is 0. The largest absolute Gasteiger partial charge is 0.437 e. The molecule has 6 nitrogen and oxygen atoms in total. The Kier molecular flexibility index (Phi) is 3.76. The van der Waals surface area contributed by atoms with E-state index in [9.17, 15) is 9.59 Å². The highest BCUT2D eigenvalue weighted by Crippen LogP contribution is 2.42. The predicted octanol–water partition coefficient (Wildman–Crippen LogP) is 1.71. The van der Waals surface area contributed by atoms with Gasteiger partial charge in [0.25, 0.3) is 0 Å². The summed E-state index contributed by atoms with van der Waals surface area (Å²) in [6, 6.07) is 8.13. The number of nitrogens with zero attached hydrogens (tertiary/aromatic N) is 2. The quantitative estimate of drug-likeness (QED) is 0.819. The van der Waals surface area contributed by atoms with Crippen LogP contribution in [0.5, 0.6) is 0 Å². The molecule has 6 heteroatoms. The molecule has 3 saturated heterocycles. The van der Waals surface area contributed by atoms with Crippen LogP contribution in [0.4, 0.5) is 4.79 Å². The minimum Gasteiger partial charge on any atom is -0.437 e. The van der Waals surface area contributed by atoms with Crippen molar-refractivity contribution in [2.75, 3.05) is 39.9 Å². The van der Waals surface area contributed by atoms with Crippen LogP contribution in [0.15, 0.2) is 24.3 Å². The fourth-order valence-corrected chi connectivity index (χ4v) is 4.48. The molecule has 2 amide bonds. The molecule has 25 heavy (non-hydrogen) atoms. The molecule has 3 heterocycles. The molecule has 3 fully saturated rings. The molecule has 0 unspecified atom stereocenters. The zero-order valence-corrected chi connectivity index (χ0v) is 14.8. The molecule has 0 aliphatic carbocycles. The highest BCUT2D eigenvalue weighted by molar-refractivity contribution is 5.90. The summed E-state index contributed by atoms with van der Waals surface area (Å²) < 4.78 is 11.0. The van der Waals surface area contributed by atoms with Crippen LogP contribution in [-0.2, 0) is 19.7 Å². The zero-order valence-electron chi connectivity index (χ0n) is 14.8. The summed E-state index contributed by atoms with van der Waals surface area (Å²) in [6.07, 6.45) is 1.09. The third kappa shape index (κ3) is 2.51. The van der Waals surface area contributed by atoms with Gasteiger partial charge >= 0.3 is 6.09 Å². The van der Waals surface area contributed by atoms with E-state index in [0.717, 1.165) is 11.1 Å². The Balaban J connectivity index is 1.58. The van der Waals surface area contributed by atoms with Gasteiger partial charge in [-0.05, 0) is 30.9 Å². The van der Waals surface area contributed by atoms with E-state index >= 15 is 0 Å². The molecule has 0 aromatic heterocycles. The lowest BCUT2D eigenvalue weighted by atomic mass is 9.70. The van der Waals surface area contributed by atoms with E-state index < -0.39 is 11.0 Å². The maximum absolute atomic E-state index is 13.5. The highest BCUT2D eigenvalue weighted by atomic mass is 16.6. The highest BCUT2D eigenvalue weighted by Gasteiger charge is 2.57. The van der Waals surface area contributed by atoms with Gasteiger partial charge in [-0.2, -0.15) is 0 Å². The monoisotopic (exact) mass is 344 g/mol. The van der Waals surface area contributed by atoms with Gasteiger partial charge in [0.2, 0.25) is 5.91 Å². The van der Waals surface area contributed by atoms with E-state index in [-0.39, 0.29) is 12.0 Å². The van der Waals surface area contributed by atoms with Crippen LogP contribution >= 0.6 is 0 Å². The summed E-state index contributed by atoms with van der Waals surface area (Å²) in [6.45, 7) is 4.77. The molecule has 0 saturated carbocycles. The first kappa shape index (κ1) is 16.4. The summed E-state index contributed by atoms with van der Waals surface area (Å²) >= 11 is 0. The number of aryl methyl sites for hydroxylation is 1. The van der Waals surface area contributed by atoms with Gasteiger partial charge in [-0.15, -0.1) is 0 Å². The lowest BCUT2D eigenvalue weighted by molar-refractivity contribution is -0.160. The van der Waals surface area contributed by atoms with Gasteiger partial charge in [-0.25, -0.2) is 4.79 Å². The smallest absolute Gasteiger partial charge is 0.410 e. The molecule has 1 aromatic carbocycles. The first-order chi connectivity index (χ1) is 12.0. The van der Waals surface area contributed by atoms with E-state index in [1.54, 1.807) is 11.9 Å². The second kappa shape index (κ2) is 5.73. The lowest BCUT2D eigenvalue weighted by Gasteiger charge is -2.50. The summed E-state index contributed by atoms with van der Waals surface area (Å²) in [5.41, 5.74) is 1.20. The summed E-state index contributed by atoms with van der Waals surface area (Å²) in [5.74, 6) is 0.140. The predicted molar refractivity (Wildman–Crippen MR) is 91.3 cm³/mol. The number of carbonyl (C=O) groups excluding carboxylic acids is 2. The molecule has 134 valence electrons. The van der Waals surface area contributed by atoms with Gasteiger partial charge in [-0.1, -0.05) is 24.3 Å². The van der Waals surface area contributed by atoms with E-state index in [1.165, 1.54) is 0 Å². The number of amides is 2. The van der Waals surface area contributed by atoms with Crippen molar-refractivity contribution >= 4 is 12.0 Å². The van der Waals surface area contributed by atoms with Gasteiger partial charge in [0, 0.05) is 20.3 Å². The van der Waals surface area contributed by atoms with Gasteiger partial charge in [-0.3, -0.25) is 4.79 Å². The van der Waals surface area contributed by atoms with Crippen molar-refractivity contribution < 1.29 is 19.1 Å². The van der Waals surface area contributed by atoms with Crippen LogP contribution in [0.3, 0.4) is 0 Å². The van der Waals surface area contributed by atoms with Crippen LogP contribution in [0, 0.1) is 6.92 Å². The van der Waals surface area contributed by atoms with Crippen molar-refractivity contribution in [1.82, 2.24) is 9.80 Å². The lowest BCUT2D eigenvalue weighted by Crippen LogP contribution is -2.68. The average molecular weight is 344 g/mol. The molecule has 0 atom stereocenters. The Hall–Kier alpha value is -2.08. The van der Waals surface area contributed by atoms with Crippen molar-refractivity contribution in [3.63, 3.8) is 0 Å². The number of likely N-dealkylation sites (N-methyl/N-ethyl adjacent to an activating group) is 1. The first-order valence-corrected chi connectivity index (χ1v) is 8.83. The van der Waals surface area contributed by atoms with Crippen molar-refractivity contribution in [2.24, 2.45) is 0 Å². The molecular weight excluding hydrogens is 320 g/mol. The Morgan fingerprint density at radius 2 is 1.80 bits per heavy atom. The van der Waals surface area contributed by atoms with Crippen LogP contribution in [0.25, 0.3) is 0 Å². The first-order valence-electron chi connectivity index (χ1n) is 8.83. The topological polar surface area (TPSA) is 59.1 Å². The maximum Gasteiger partial charge on any atom is 0.410 e. The van der Waals surface area contributed by atoms with E-state index in [0.29, 0.717) is 45.7 Å². The van der Waals surface area contributed by atoms with Crippen molar-refractivity contribution in [1.29, 1.82) is 0 Å². The molecule has 4 rings (SSSR count). The van der Waals surface area contributed by atoms with Gasteiger partial charge in [0.15, 0.2) is 5.60 Å². The van der Waals surface area contributed by atoms with Crippen molar-refractivity contribution in [3.05, 3.63) is 35.4 Å². The Labute approximate surface area is 147 Å². The Morgan fingerprint density at radius 1 is 1.12 bits per heavy atom. The number of likely N-dealkylation sites (tertiary alicyclic amines) is 1.